The summed E-state index contributed by atoms with van der Waals surface area (Å²) in [6.45, 7) is 0. The number of halogens is 3. The van der Waals surface area contributed by atoms with Gasteiger partial charge in [-0.25, -0.2) is 0 Å². The maximum absolute atomic E-state index is 6.00. The zero-order chi connectivity index (χ0) is 9.42. The van der Waals surface area contributed by atoms with E-state index < -0.39 is 0 Å². The summed E-state index contributed by atoms with van der Waals surface area (Å²) in [4.78, 5) is 4.22. The number of hydrogen-bond acceptors (Lipinski definition) is 1. The van der Waals surface area contributed by atoms with Crippen molar-refractivity contribution in [1.82, 2.24) is 4.98 Å². The van der Waals surface area contributed by atoms with Crippen LogP contribution in [0.3, 0.4) is 0 Å². The lowest BCUT2D eigenvalue weighted by atomic mass is 10.2. The predicted molar refractivity (Wildman–Crippen MR) is 64.5 cm³/mol. The number of fused-ring (bicyclic) bond motifs is 1. The fraction of sp³-hybridized carbons (Fsp3) is 0. The lowest BCUT2D eigenvalue weighted by Crippen LogP contribution is -1.82. The van der Waals surface area contributed by atoms with Crippen molar-refractivity contribution in [2.75, 3.05) is 0 Å². The first kappa shape index (κ1) is 9.49. The van der Waals surface area contributed by atoms with Gasteiger partial charge in [0.25, 0.3) is 0 Å². The van der Waals surface area contributed by atoms with E-state index >= 15 is 0 Å². The van der Waals surface area contributed by atoms with Crippen LogP contribution in [0.4, 0.5) is 0 Å². The average molecular weight is 324 g/mol. The van der Waals surface area contributed by atoms with Crippen molar-refractivity contribution < 1.29 is 0 Å². The Morgan fingerprint density at radius 1 is 1.15 bits per heavy atom. The molecule has 0 saturated carbocycles. The number of pyridine rings is 1. The van der Waals surface area contributed by atoms with Crippen LogP contribution in [0.15, 0.2) is 24.4 Å². The van der Waals surface area contributed by atoms with Gasteiger partial charge in [-0.2, -0.15) is 0 Å². The molecule has 1 aromatic heterocycles. The summed E-state index contributed by atoms with van der Waals surface area (Å²) in [5, 5.41) is 2.22. The smallest absolute Gasteiger partial charge is 0.0903 e. The third kappa shape index (κ3) is 1.75. The van der Waals surface area contributed by atoms with E-state index in [1.165, 1.54) is 0 Å². The first-order valence-electron chi connectivity index (χ1n) is 3.58. The molecule has 0 amide bonds. The van der Waals surface area contributed by atoms with Crippen molar-refractivity contribution >= 4 is 56.7 Å². The van der Waals surface area contributed by atoms with Gasteiger partial charge in [0.1, 0.15) is 0 Å². The Hall–Kier alpha value is -0.0600. The molecule has 4 heteroatoms. The highest BCUT2D eigenvalue weighted by Crippen LogP contribution is 2.28. The van der Waals surface area contributed by atoms with Gasteiger partial charge in [0.15, 0.2) is 0 Å². The molecule has 0 radical (unpaired) electrons. The summed E-state index contributed by atoms with van der Waals surface area (Å²) in [5.74, 6) is 0. The molecule has 1 heterocycles. The van der Waals surface area contributed by atoms with Gasteiger partial charge in [-0.3, -0.25) is 4.98 Å². The van der Waals surface area contributed by atoms with Gasteiger partial charge in [-0.1, -0.05) is 23.2 Å². The van der Waals surface area contributed by atoms with Crippen LogP contribution in [0.5, 0.6) is 0 Å². The Morgan fingerprint density at radius 3 is 2.62 bits per heavy atom. The molecule has 0 unspecified atom stereocenters. The second kappa shape index (κ2) is 3.59. The van der Waals surface area contributed by atoms with E-state index in [1.807, 2.05) is 6.07 Å². The number of aromatic nitrogens is 1. The molecule has 2 rings (SSSR count). The first-order chi connectivity index (χ1) is 6.18. The third-order valence-corrected chi connectivity index (χ3v) is 2.94. The van der Waals surface area contributed by atoms with Gasteiger partial charge in [0.2, 0.25) is 0 Å². The zero-order valence-electron chi connectivity index (χ0n) is 6.39. The standard InChI is InChI=1S/C9H4Cl2IN/c10-7-1-2-8(11)9-6(7)3-5(12)4-13-9/h1-4H. The Kier molecular flexibility index (Phi) is 2.62. The number of hydrogen-bond donors (Lipinski definition) is 0. The van der Waals surface area contributed by atoms with Crippen molar-refractivity contribution in [3.8, 4) is 0 Å². The number of rotatable bonds is 0. The van der Waals surface area contributed by atoms with E-state index in [4.69, 9.17) is 23.2 Å². The number of nitrogens with zero attached hydrogens (tertiary/aromatic N) is 1. The molecule has 1 aromatic carbocycles. The van der Waals surface area contributed by atoms with E-state index in [-0.39, 0.29) is 0 Å². The predicted octanol–water partition coefficient (Wildman–Crippen LogP) is 4.15. The van der Waals surface area contributed by atoms with Crippen molar-refractivity contribution in [1.29, 1.82) is 0 Å². The highest BCUT2D eigenvalue weighted by atomic mass is 127. The summed E-state index contributed by atoms with van der Waals surface area (Å²) >= 11 is 14.1. The lowest BCUT2D eigenvalue weighted by Gasteiger charge is -2.01. The summed E-state index contributed by atoms with van der Waals surface area (Å²) in [6, 6.07) is 5.51. The molecule has 13 heavy (non-hydrogen) atoms. The topological polar surface area (TPSA) is 12.9 Å². The Morgan fingerprint density at radius 2 is 1.85 bits per heavy atom. The van der Waals surface area contributed by atoms with Gasteiger partial charge in [-0.15, -0.1) is 0 Å². The van der Waals surface area contributed by atoms with Crippen molar-refractivity contribution in [3.05, 3.63) is 38.0 Å². The molecule has 0 saturated heterocycles. The van der Waals surface area contributed by atoms with Crippen LogP contribution in [-0.2, 0) is 0 Å². The van der Waals surface area contributed by atoms with Crippen LogP contribution in [0.1, 0.15) is 0 Å². The fourth-order valence-electron chi connectivity index (χ4n) is 1.13. The zero-order valence-corrected chi connectivity index (χ0v) is 10.1. The minimum atomic E-state index is 0.635. The summed E-state index contributed by atoms with van der Waals surface area (Å²) in [6.07, 6.45) is 1.77. The van der Waals surface area contributed by atoms with Crippen LogP contribution in [-0.4, -0.2) is 4.98 Å². The van der Waals surface area contributed by atoms with Gasteiger partial charge in [0, 0.05) is 15.2 Å². The van der Waals surface area contributed by atoms with Crippen LogP contribution in [0.2, 0.25) is 10.0 Å². The molecule has 0 fully saturated rings. The van der Waals surface area contributed by atoms with Crippen molar-refractivity contribution in [3.63, 3.8) is 0 Å². The maximum atomic E-state index is 6.00. The van der Waals surface area contributed by atoms with Gasteiger partial charge < -0.3 is 0 Å². The molecule has 0 aliphatic rings. The SMILES string of the molecule is Clc1ccc(Cl)c2ncc(I)cc12. The second-order valence-corrected chi connectivity index (χ2v) is 4.64. The molecule has 0 spiro atoms. The molecule has 2 aromatic rings. The Balaban J connectivity index is 2.92. The maximum Gasteiger partial charge on any atom is 0.0903 e. The molecular formula is C9H4Cl2IN. The average Bonchev–Trinajstić information content (AvgIpc) is 2.12. The Bertz CT molecular complexity index is 470. The van der Waals surface area contributed by atoms with Gasteiger partial charge in [-0.05, 0) is 40.8 Å². The normalized spacial score (nSPS) is 10.7. The molecule has 66 valence electrons. The molecular weight excluding hydrogens is 320 g/mol. The van der Waals surface area contributed by atoms with Crippen LogP contribution in [0, 0.1) is 3.57 Å². The largest absolute Gasteiger partial charge is 0.254 e. The molecule has 0 N–H and O–H groups in total. The van der Waals surface area contributed by atoms with E-state index in [9.17, 15) is 0 Å². The van der Waals surface area contributed by atoms with E-state index in [2.05, 4.69) is 27.6 Å². The van der Waals surface area contributed by atoms with Crippen molar-refractivity contribution in [2.24, 2.45) is 0 Å². The Labute approximate surface area is 99.2 Å². The van der Waals surface area contributed by atoms with Crippen LogP contribution < -0.4 is 0 Å². The minimum Gasteiger partial charge on any atom is -0.254 e. The highest BCUT2D eigenvalue weighted by Gasteiger charge is 2.04. The summed E-state index contributed by atoms with van der Waals surface area (Å²) < 4.78 is 1.05. The quantitative estimate of drug-likeness (QED) is 0.664. The first-order valence-corrected chi connectivity index (χ1v) is 5.41. The fourth-order valence-corrected chi connectivity index (χ4v) is 2.00. The van der Waals surface area contributed by atoms with Crippen LogP contribution >= 0.6 is 45.8 Å². The van der Waals surface area contributed by atoms with Crippen LogP contribution in [0.25, 0.3) is 10.9 Å². The second-order valence-electron chi connectivity index (χ2n) is 2.58. The van der Waals surface area contributed by atoms with Crippen molar-refractivity contribution in [2.45, 2.75) is 0 Å². The highest BCUT2D eigenvalue weighted by molar-refractivity contribution is 14.1. The van der Waals surface area contributed by atoms with Gasteiger partial charge in [0.05, 0.1) is 15.6 Å². The molecule has 0 bridgehead atoms. The molecule has 1 nitrogen and oxygen atoms in total. The number of benzene rings is 1. The minimum absolute atomic E-state index is 0.635. The van der Waals surface area contributed by atoms with E-state index in [0.29, 0.717) is 10.0 Å². The summed E-state index contributed by atoms with van der Waals surface area (Å²) in [5.41, 5.74) is 0.759. The molecule has 0 aliphatic carbocycles. The monoisotopic (exact) mass is 323 g/mol. The lowest BCUT2D eigenvalue weighted by molar-refractivity contribution is 1.39. The summed E-state index contributed by atoms with van der Waals surface area (Å²) in [7, 11) is 0. The molecule has 0 aliphatic heterocycles. The molecule has 0 atom stereocenters. The van der Waals surface area contributed by atoms with Gasteiger partial charge >= 0.3 is 0 Å². The van der Waals surface area contributed by atoms with E-state index in [0.717, 1.165) is 14.5 Å². The third-order valence-electron chi connectivity index (χ3n) is 1.71. The van der Waals surface area contributed by atoms with E-state index in [1.54, 1.807) is 18.3 Å².